The van der Waals surface area contributed by atoms with Crippen LogP contribution in [0, 0.1) is 0 Å². The zero-order valence-corrected chi connectivity index (χ0v) is 30.7. The van der Waals surface area contributed by atoms with E-state index in [-0.39, 0.29) is 109 Å². The SMILES string of the molecule is NC(=O)[C@@H]1CCCN1CCCC(=O)NCC(=O)NCCCC(=O)NCC(=O)NCCCC(=O)NCC(=O)NCCCC(=O)NCC(=O)NCCCC(=O)O. The van der Waals surface area contributed by atoms with Crippen LogP contribution in [-0.2, 0) is 47.9 Å². The molecule has 1 atom stereocenters. The van der Waals surface area contributed by atoms with Gasteiger partial charge in [-0.15, -0.1) is 0 Å². The van der Waals surface area contributed by atoms with Crippen LogP contribution in [0.15, 0.2) is 0 Å². The van der Waals surface area contributed by atoms with Gasteiger partial charge in [0, 0.05) is 58.3 Å². The van der Waals surface area contributed by atoms with E-state index in [0.29, 0.717) is 32.2 Å². The lowest BCUT2D eigenvalue weighted by Gasteiger charge is -2.21. The minimum Gasteiger partial charge on any atom is -0.481 e. The minimum atomic E-state index is -0.963. The topological polar surface area (TPSA) is 316 Å². The van der Waals surface area contributed by atoms with Crippen molar-refractivity contribution in [3.05, 3.63) is 0 Å². The van der Waals surface area contributed by atoms with Crippen molar-refractivity contribution in [3.8, 4) is 0 Å². The number of hydrogen-bond acceptors (Lipinski definition) is 11. The summed E-state index contributed by atoms with van der Waals surface area (Å²) in [6.07, 6.45) is 3.64. The minimum absolute atomic E-state index is 0.0418. The lowest BCUT2D eigenvalue weighted by molar-refractivity contribution is -0.137. The molecule has 1 saturated heterocycles. The maximum Gasteiger partial charge on any atom is 0.303 e. The molecule has 1 heterocycles. The van der Waals surface area contributed by atoms with Crippen LogP contribution in [-0.4, -0.2) is 141 Å². The molecule has 0 saturated carbocycles. The third kappa shape index (κ3) is 24.8. The van der Waals surface area contributed by atoms with Crippen molar-refractivity contribution in [3.63, 3.8) is 0 Å². The number of carbonyl (C=O) groups excluding carboxylic acids is 9. The molecule has 0 radical (unpaired) electrons. The van der Waals surface area contributed by atoms with Crippen LogP contribution in [0.1, 0.15) is 77.0 Å². The Morgan fingerprint density at radius 1 is 0.481 bits per heavy atom. The van der Waals surface area contributed by atoms with Crippen molar-refractivity contribution >= 4 is 59.1 Å². The number of amides is 9. The van der Waals surface area contributed by atoms with Gasteiger partial charge < -0.3 is 53.4 Å². The molecule has 54 heavy (non-hydrogen) atoms. The predicted octanol–water partition coefficient (Wildman–Crippen LogP) is -4.15. The zero-order valence-electron chi connectivity index (χ0n) is 30.7. The monoisotopic (exact) mass is 768 g/mol. The van der Waals surface area contributed by atoms with E-state index >= 15 is 0 Å². The first-order valence-electron chi connectivity index (χ1n) is 18.2. The highest BCUT2D eigenvalue weighted by Gasteiger charge is 2.28. The van der Waals surface area contributed by atoms with E-state index in [2.05, 4.69) is 42.5 Å². The lowest BCUT2D eigenvalue weighted by Crippen LogP contribution is -2.41. The largest absolute Gasteiger partial charge is 0.481 e. The Hall–Kier alpha value is -5.34. The number of nitrogens with one attached hydrogen (secondary N) is 8. The average Bonchev–Trinajstić information content (AvgIpc) is 3.61. The summed E-state index contributed by atoms with van der Waals surface area (Å²) in [6, 6.07) is -0.287. The van der Waals surface area contributed by atoms with Gasteiger partial charge >= 0.3 is 5.97 Å². The second kappa shape index (κ2) is 28.2. The molecule has 0 aromatic heterocycles. The third-order valence-electron chi connectivity index (χ3n) is 7.92. The molecule has 21 nitrogen and oxygen atoms in total. The molecule has 9 amide bonds. The Morgan fingerprint density at radius 3 is 1.15 bits per heavy atom. The average molecular weight is 769 g/mol. The van der Waals surface area contributed by atoms with Crippen LogP contribution < -0.4 is 48.3 Å². The molecular weight excluding hydrogens is 712 g/mol. The van der Waals surface area contributed by atoms with Crippen molar-refractivity contribution in [2.45, 2.75) is 83.1 Å². The van der Waals surface area contributed by atoms with E-state index < -0.39 is 47.3 Å². The summed E-state index contributed by atoms with van der Waals surface area (Å²) >= 11 is 0. The summed E-state index contributed by atoms with van der Waals surface area (Å²) in [5.41, 5.74) is 5.39. The molecule has 1 fully saturated rings. The number of nitrogens with zero attached hydrogens (tertiary/aromatic N) is 1. The highest BCUT2D eigenvalue weighted by Crippen LogP contribution is 2.17. The number of aliphatic carboxylic acids is 1. The van der Waals surface area contributed by atoms with Gasteiger partial charge in [0.2, 0.25) is 53.2 Å². The molecule has 1 rings (SSSR count). The maximum absolute atomic E-state index is 12.0. The first-order chi connectivity index (χ1) is 25.8. The van der Waals surface area contributed by atoms with E-state index in [1.165, 1.54) is 0 Å². The van der Waals surface area contributed by atoms with Crippen molar-refractivity contribution in [1.29, 1.82) is 0 Å². The van der Waals surface area contributed by atoms with E-state index in [9.17, 15) is 47.9 Å². The van der Waals surface area contributed by atoms with E-state index in [4.69, 9.17) is 10.8 Å². The molecule has 0 aromatic carbocycles. The number of carboxylic acid groups (broad SMARTS) is 1. The molecule has 304 valence electrons. The van der Waals surface area contributed by atoms with Crippen LogP contribution in [0.3, 0.4) is 0 Å². The Bertz CT molecular complexity index is 1300. The van der Waals surface area contributed by atoms with Gasteiger partial charge in [0.15, 0.2) is 0 Å². The van der Waals surface area contributed by atoms with Crippen molar-refractivity contribution < 1.29 is 53.1 Å². The molecular formula is C33H56N10O11. The van der Waals surface area contributed by atoms with Gasteiger partial charge in [-0.2, -0.15) is 0 Å². The standard InChI is InChI=1S/C33H56N10O11/c34-33(54)23-7-5-17-43(23)18-6-11-27(47)42-22-30(50)37-15-3-9-25(45)40-20-28(48)35-13-1-8-24(44)39-19-29(49)36-14-2-10-26(46)41-21-31(51)38-16-4-12-32(52)53/h23H,1-22H2,(H2,34,54)(H,35,48)(H,36,49)(H,37,50)(H,38,51)(H,39,44)(H,40,45)(H,41,46)(H,42,47)(H,52,53)/t23-/m0/s1. The molecule has 0 bridgehead atoms. The summed E-state index contributed by atoms with van der Waals surface area (Å²) in [5.74, 6) is -4.55. The number of likely N-dealkylation sites (tertiary alicyclic amines) is 1. The van der Waals surface area contributed by atoms with Crippen LogP contribution in [0.4, 0.5) is 0 Å². The zero-order chi connectivity index (χ0) is 40.1. The van der Waals surface area contributed by atoms with E-state index in [1.807, 2.05) is 4.90 Å². The van der Waals surface area contributed by atoms with Crippen molar-refractivity contribution in [2.24, 2.45) is 5.73 Å². The third-order valence-corrected chi connectivity index (χ3v) is 7.92. The molecule has 0 aliphatic carbocycles. The second-order valence-electron chi connectivity index (χ2n) is 12.5. The van der Waals surface area contributed by atoms with Crippen LogP contribution in [0.5, 0.6) is 0 Å². The smallest absolute Gasteiger partial charge is 0.303 e. The first kappa shape index (κ1) is 46.7. The van der Waals surface area contributed by atoms with E-state index in [0.717, 1.165) is 19.4 Å². The highest BCUT2D eigenvalue weighted by atomic mass is 16.4. The number of rotatable bonds is 29. The summed E-state index contributed by atoms with van der Waals surface area (Å²) < 4.78 is 0. The van der Waals surface area contributed by atoms with Crippen LogP contribution in [0.25, 0.3) is 0 Å². The van der Waals surface area contributed by atoms with Crippen LogP contribution in [0.2, 0.25) is 0 Å². The Labute approximate surface area is 313 Å². The Balaban J connectivity index is 1.98. The molecule has 0 unspecified atom stereocenters. The maximum atomic E-state index is 12.0. The van der Waals surface area contributed by atoms with Crippen molar-refractivity contribution in [1.82, 2.24) is 47.4 Å². The fourth-order valence-corrected chi connectivity index (χ4v) is 5.08. The van der Waals surface area contributed by atoms with Crippen molar-refractivity contribution in [2.75, 3.05) is 65.4 Å². The van der Waals surface area contributed by atoms with Gasteiger partial charge in [0.05, 0.1) is 32.2 Å². The molecule has 1 aliphatic rings. The molecule has 0 aromatic rings. The number of carboxylic acids is 1. The summed E-state index contributed by atoms with van der Waals surface area (Å²) in [4.78, 5) is 119. The van der Waals surface area contributed by atoms with Gasteiger partial charge in [0.1, 0.15) is 0 Å². The molecule has 0 spiro atoms. The summed E-state index contributed by atoms with van der Waals surface area (Å²) in [7, 11) is 0. The second-order valence-corrected chi connectivity index (χ2v) is 12.5. The fraction of sp³-hybridized carbons (Fsp3) is 0.697. The first-order valence-corrected chi connectivity index (χ1v) is 18.2. The van der Waals surface area contributed by atoms with Crippen LogP contribution >= 0.6 is 0 Å². The summed E-state index contributed by atoms with van der Waals surface area (Å²) in [5, 5.41) is 28.6. The van der Waals surface area contributed by atoms with Gasteiger partial charge in [-0.3, -0.25) is 52.8 Å². The molecule has 11 N–H and O–H groups in total. The van der Waals surface area contributed by atoms with Gasteiger partial charge in [-0.25, -0.2) is 0 Å². The number of primary amides is 1. The Kier molecular flexibility index (Phi) is 24.4. The normalized spacial score (nSPS) is 13.5. The number of hydrogen-bond donors (Lipinski definition) is 10. The Morgan fingerprint density at radius 2 is 0.815 bits per heavy atom. The predicted molar refractivity (Wildman–Crippen MR) is 192 cm³/mol. The fourth-order valence-electron chi connectivity index (χ4n) is 5.08. The van der Waals surface area contributed by atoms with Gasteiger partial charge in [-0.1, -0.05) is 0 Å². The molecule has 1 aliphatic heterocycles. The summed E-state index contributed by atoms with van der Waals surface area (Å²) in [6.45, 7) is 1.08. The molecule has 21 heteroatoms. The van der Waals surface area contributed by atoms with Gasteiger partial charge in [-0.05, 0) is 58.0 Å². The highest BCUT2D eigenvalue weighted by molar-refractivity contribution is 5.87. The quantitative estimate of drug-likeness (QED) is 0.0325. The number of nitrogens with two attached hydrogens (primary N) is 1. The van der Waals surface area contributed by atoms with Gasteiger partial charge in [0.25, 0.3) is 0 Å². The lowest BCUT2D eigenvalue weighted by atomic mass is 10.2. The number of carbonyl (C=O) groups is 10. The van der Waals surface area contributed by atoms with E-state index in [1.54, 1.807) is 0 Å².